The lowest BCUT2D eigenvalue weighted by Crippen LogP contribution is -2.51. The summed E-state index contributed by atoms with van der Waals surface area (Å²) in [5, 5.41) is 0. The van der Waals surface area contributed by atoms with Crippen LogP contribution in [0.5, 0.6) is 0 Å². The molecule has 2 bridgehead atoms. The molecule has 1 fully saturated rings. The van der Waals surface area contributed by atoms with E-state index >= 15 is 0 Å². The number of carbonyl (C=O) groups excluding carboxylic acids is 1. The van der Waals surface area contributed by atoms with Crippen molar-refractivity contribution in [2.75, 3.05) is 0 Å². The van der Waals surface area contributed by atoms with E-state index in [0.717, 1.165) is 30.4 Å². The molecule has 3 heterocycles. The Labute approximate surface area is 152 Å². The molecule has 2 atom stereocenters. The summed E-state index contributed by atoms with van der Waals surface area (Å²) in [7, 11) is 0. The number of rotatable bonds is 3. The molecule has 0 saturated carbocycles. The van der Waals surface area contributed by atoms with Gasteiger partial charge in [-0.2, -0.15) is 0 Å². The van der Waals surface area contributed by atoms with Crippen molar-refractivity contribution in [2.24, 2.45) is 0 Å². The molecule has 1 saturated heterocycles. The van der Waals surface area contributed by atoms with E-state index < -0.39 is 0 Å². The topological polar surface area (TPSA) is 42.4 Å². The van der Waals surface area contributed by atoms with Gasteiger partial charge in [-0.15, -0.1) is 0 Å². The molecule has 0 spiro atoms. The Morgan fingerprint density at radius 1 is 1.23 bits per heavy atom. The highest BCUT2D eigenvalue weighted by Gasteiger charge is 2.38. The standard InChI is InChI=1S/C21H21FN2O2/c22-17-9-10-23-20(13-17)16-11-18-7-4-8-19(12-16)24(18)21(25)26-14-15-5-2-1-3-6-15/h1-3,5-6,9-11,13,18-19H,4,7-8,12,14H2. The largest absolute Gasteiger partial charge is 0.445 e. The van der Waals surface area contributed by atoms with Gasteiger partial charge in [0, 0.05) is 12.2 Å². The van der Waals surface area contributed by atoms with Crippen LogP contribution in [0.4, 0.5) is 9.18 Å². The van der Waals surface area contributed by atoms with E-state index in [4.69, 9.17) is 4.74 Å². The number of fused-ring (bicyclic) bond motifs is 2. The van der Waals surface area contributed by atoms with Crippen LogP contribution in [0.25, 0.3) is 5.57 Å². The summed E-state index contributed by atoms with van der Waals surface area (Å²) in [4.78, 5) is 18.8. The molecular weight excluding hydrogens is 331 g/mol. The van der Waals surface area contributed by atoms with Gasteiger partial charge in [0.1, 0.15) is 12.4 Å². The van der Waals surface area contributed by atoms with Gasteiger partial charge in [0.15, 0.2) is 0 Å². The van der Waals surface area contributed by atoms with Gasteiger partial charge in [0.25, 0.3) is 0 Å². The third-order valence-corrected chi connectivity index (χ3v) is 5.10. The first-order valence-electron chi connectivity index (χ1n) is 9.02. The van der Waals surface area contributed by atoms with Crippen molar-refractivity contribution in [3.05, 3.63) is 71.8 Å². The van der Waals surface area contributed by atoms with Gasteiger partial charge in [-0.25, -0.2) is 9.18 Å². The van der Waals surface area contributed by atoms with E-state index in [0.29, 0.717) is 12.1 Å². The maximum atomic E-state index is 13.5. The van der Waals surface area contributed by atoms with Crippen molar-refractivity contribution >= 4 is 11.7 Å². The van der Waals surface area contributed by atoms with Crippen molar-refractivity contribution in [2.45, 2.75) is 44.4 Å². The minimum absolute atomic E-state index is 0.00848. The number of benzene rings is 1. The average Bonchev–Trinajstić information content (AvgIpc) is 2.66. The molecule has 134 valence electrons. The molecule has 2 unspecified atom stereocenters. The van der Waals surface area contributed by atoms with Gasteiger partial charge in [-0.3, -0.25) is 9.88 Å². The number of piperidine rings is 1. The van der Waals surface area contributed by atoms with Gasteiger partial charge in [-0.05, 0) is 49.0 Å². The number of pyridine rings is 1. The number of ether oxygens (including phenoxy) is 1. The maximum absolute atomic E-state index is 13.5. The van der Waals surface area contributed by atoms with Crippen LogP contribution in [0.15, 0.2) is 54.7 Å². The number of hydrogen-bond donors (Lipinski definition) is 0. The van der Waals surface area contributed by atoms with Crippen LogP contribution in [0, 0.1) is 5.82 Å². The van der Waals surface area contributed by atoms with Crippen molar-refractivity contribution in [3.63, 3.8) is 0 Å². The molecular formula is C21H21FN2O2. The highest BCUT2D eigenvalue weighted by Crippen LogP contribution is 2.37. The predicted molar refractivity (Wildman–Crippen MR) is 96.7 cm³/mol. The van der Waals surface area contributed by atoms with E-state index in [1.54, 1.807) is 0 Å². The zero-order valence-corrected chi connectivity index (χ0v) is 14.5. The first kappa shape index (κ1) is 16.8. The number of aromatic nitrogens is 1. The molecule has 0 N–H and O–H groups in total. The fourth-order valence-electron chi connectivity index (χ4n) is 3.88. The van der Waals surface area contributed by atoms with Crippen LogP contribution in [0.2, 0.25) is 0 Å². The Kier molecular flexibility index (Phi) is 4.69. The number of amides is 1. The Morgan fingerprint density at radius 2 is 2.08 bits per heavy atom. The van der Waals surface area contributed by atoms with Crippen molar-refractivity contribution in [1.82, 2.24) is 9.88 Å². The third-order valence-electron chi connectivity index (χ3n) is 5.10. The molecule has 26 heavy (non-hydrogen) atoms. The molecule has 5 heteroatoms. The Hall–Kier alpha value is -2.69. The zero-order valence-electron chi connectivity index (χ0n) is 14.5. The van der Waals surface area contributed by atoms with Crippen LogP contribution in [0.3, 0.4) is 0 Å². The van der Waals surface area contributed by atoms with E-state index in [2.05, 4.69) is 11.1 Å². The zero-order chi connectivity index (χ0) is 17.9. The van der Waals surface area contributed by atoms with Gasteiger partial charge in [-0.1, -0.05) is 36.4 Å². The summed E-state index contributed by atoms with van der Waals surface area (Å²) in [6.07, 6.45) is 6.87. The lowest BCUT2D eigenvalue weighted by Gasteiger charge is -2.44. The fourth-order valence-corrected chi connectivity index (χ4v) is 3.88. The number of halogens is 1. The fraction of sp³-hybridized carbons (Fsp3) is 0.333. The summed E-state index contributed by atoms with van der Waals surface area (Å²) in [6, 6.07) is 12.6. The van der Waals surface area contributed by atoms with Crippen molar-refractivity contribution < 1.29 is 13.9 Å². The number of hydrogen-bond acceptors (Lipinski definition) is 3. The molecule has 2 aromatic rings. The van der Waals surface area contributed by atoms with Crippen LogP contribution in [-0.2, 0) is 11.3 Å². The Morgan fingerprint density at radius 3 is 2.85 bits per heavy atom. The lowest BCUT2D eigenvalue weighted by atomic mass is 9.84. The molecule has 4 nitrogen and oxygen atoms in total. The summed E-state index contributed by atoms with van der Waals surface area (Å²) >= 11 is 0. The van der Waals surface area contributed by atoms with Gasteiger partial charge < -0.3 is 4.74 Å². The second kappa shape index (κ2) is 7.28. The number of nitrogens with zero attached hydrogens (tertiary/aromatic N) is 2. The second-order valence-corrected chi connectivity index (χ2v) is 6.85. The van der Waals surface area contributed by atoms with Crippen LogP contribution < -0.4 is 0 Å². The minimum atomic E-state index is -0.286. The molecule has 1 aromatic carbocycles. The predicted octanol–water partition coefficient (Wildman–Crippen LogP) is 4.57. The lowest BCUT2D eigenvalue weighted by molar-refractivity contribution is 0.0510. The Balaban J connectivity index is 1.50. The Bertz CT molecular complexity index is 822. The summed E-state index contributed by atoms with van der Waals surface area (Å²) < 4.78 is 19.1. The van der Waals surface area contributed by atoms with Crippen LogP contribution in [0.1, 0.15) is 36.9 Å². The van der Waals surface area contributed by atoms with Gasteiger partial charge >= 0.3 is 6.09 Å². The third kappa shape index (κ3) is 3.47. The van der Waals surface area contributed by atoms with Crippen molar-refractivity contribution in [1.29, 1.82) is 0 Å². The minimum Gasteiger partial charge on any atom is -0.445 e. The number of carbonyl (C=O) groups is 1. The highest BCUT2D eigenvalue weighted by atomic mass is 19.1. The highest BCUT2D eigenvalue weighted by molar-refractivity contribution is 5.73. The quantitative estimate of drug-likeness (QED) is 0.813. The van der Waals surface area contributed by atoms with Crippen molar-refractivity contribution in [3.8, 4) is 0 Å². The molecule has 2 aliphatic rings. The molecule has 0 radical (unpaired) electrons. The van der Waals surface area contributed by atoms with E-state index in [1.165, 1.54) is 18.3 Å². The normalized spacial score (nSPS) is 21.9. The molecule has 1 amide bonds. The van der Waals surface area contributed by atoms with Gasteiger partial charge in [0.2, 0.25) is 0 Å². The SMILES string of the molecule is O=C(OCc1ccccc1)N1C2C=C(c3cc(F)ccn3)CC1CCC2. The summed E-state index contributed by atoms with van der Waals surface area (Å²) in [5.74, 6) is -0.286. The maximum Gasteiger partial charge on any atom is 0.410 e. The van der Waals surface area contributed by atoms with E-state index in [9.17, 15) is 9.18 Å². The molecule has 2 aliphatic heterocycles. The monoisotopic (exact) mass is 352 g/mol. The van der Waals surface area contributed by atoms with Gasteiger partial charge in [0.05, 0.1) is 11.7 Å². The average molecular weight is 352 g/mol. The molecule has 1 aromatic heterocycles. The first-order valence-corrected chi connectivity index (χ1v) is 9.02. The molecule has 4 rings (SSSR count). The van der Waals surface area contributed by atoms with E-state index in [-0.39, 0.29) is 30.6 Å². The second-order valence-electron chi connectivity index (χ2n) is 6.85. The first-order chi connectivity index (χ1) is 12.7. The summed E-state index contributed by atoms with van der Waals surface area (Å²) in [6.45, 7) is 0.275. The smallest absolute Gasteiger partial charge is 0.410 e. The summed E-state index contributed by atoms with van der Waals surface area (Å²) in [5.41, 5.74) is 2.66. The van der Waals surface area contributed by atoms with Crippen LogP contribution in [-0.4, -0.2) is 28.1 Å². The molecule has 0 aliphatic carbocycles. The van der Waals surface area contributed by atoms with E-state index in [1.807, 2.05) is 35.2 Å². The van der Waals surface area contributed by atoms with Crippen LogP contribution >= 0.6 is 0 Å².